The van der Waals surface area contributed by atoms with Crippen LogP contribution in [0.5, 0.6) is 0 Å². The summed E-state index contributed by atoms with van der Waals surface area (Å²) in [6.07, 6.45) is 0.818. The van der Waals surface area contributed by atoms with Crippen LogP contribution in [0.2, 0.25) is 0 Å². The molecule has 4 amide bonds. The molecule has 0 saturated carbocycles. The standard InChI is InChI=1S/C34H46N6O5S2/c1-23(2)31(39-33(43)40(4)19-27(21-46)35-3)32(42)37-26(15-24-11-7-5-8-12-24)17-30(41)29(16-25-13-9-6-10-14-25)38-34(44)45-20-28-18-36-22-47-28/h5-14,18,21-23,26,29-31,35,41,46H,15-17,19-20H2,1-4H3,(H,37,42)(H,38,44)(H,39,43)/b27-21-/t26-,29-,30-,31-/m0/s1. The number of alkyl carbamates (subject to hydrolysis) is 1. The Bertz CT molecular complexity index is 1410. The zero-order valence-corrected chi connectivity index (χ0v) is 29.0. The van der Waals surface area contributed by atoms with Crippen molar-refractivity contribution in [2.75, 3.05) is 20.6 Å². The Morgan fingerprint density at radius 2 is 1.64 bits per heavy atom. The Morgan fingerprint density at radius 1 is 1.00 bits per heavy atom. The lowest BCUT2D eigenvalue weighted by atomic mass is 9.93. The van der Waals surface area contributed by atoms with Crippen LogP contribution in [0.25, 0.3) is 0 Å². The third-order valence-corrected chi connectivity index (χ3v) is 8.62. The molecule has 0 aliphatic heterocycles. The topological polar surface area (TPSA) is 145 Å². The zero-order valence-electron chi connectivity index (χ0n) is 27.3. The van der Waals surface area contributed by atoms with E-state index in [2.05, 4.69) is 38.9 Å². The number of thiazole rings is 1. The molecule has 5 N–H and O–H groups in total. The van der Waals surface area contributed by atoms with Crippen LogP contribution < -0.4 is 21.3 Å². The molecule has 3 aromatic rings. The number of ether oxygens (including phenoxy) is 1. The summed E-state index contributed by atoms with van der Waals surface area (Å²) in [5.74, 6) is -0.593. The van der Waals surface area contributed by atoms with Crippen LogP contribution in [-0.2, 0) is 29.0 Å². The molecule has 3 rings (SSSR count). The summed E-state index contributed by atoms with van der Waals surface area (Å²) in [6, 6.07) is 16.7. The van der Waals surface area contributed by atoms with E-state index in [0.717, 1.165) is 21.7 Å². The van der Waals surface area contributed by atoms with Crippen molar-refractivity contribution < 1.29 is 24.2 Å². The van der Waals surface area contributed by atoms with Crippen LogP contribution in [0.1, 0.15) is 36.3 Å². The predicted octanol–water partition coefficient (Wildman–Crippen LogP) is 4.12. The van der Waals surface area contributed by atoms with Crippen LogP contribution in [0.3, 0.4) is 0 Å². The van der Waals surface area contributed by atoms with Crippen molar-refractivity contribution in [2.24, 2.45) is 5.92 Å². The number of rotatable bonds is 17. The van der Waals surface area contributed by atoms with Gasteiger partial charge in [0, 0.05) is 32.0 Å². The van der Waals surface area contributed by atoms with Gasteiger partial charge >= 0.3 is 12.1 Å². The molecule has 0 aliphatic rings. The van der Waals surface area contributed by atoms with Crippen molar-refractivity contribution in [1.29, 1.82) is 0 Å². The van der Waals surface area contributed by atoms with E-state index >= 15 is 0 Å². The fourth-order valence-electron chi connectivity index (χ4n) is 4.92. The normalized spacial score (nSPS) is 14.0. The molecule has 1 heterocycles. The minimum Gasteiger partial charge on any atom is -0.444 e. The van der Waals surface area contributed by atoms with Gasteiger partial charge in [-0.25, -0.2) is 9.59 Å². The Hall–Kier alpha value is -4.07. The number of carbonyl (C=O) groups is 3. The van der Waals surface area contributed by atoms with E-state index in [9.17, 15) is 19.5 Å². The van der Waals surface area contributed by atoms with Crippen LogP contribution in [0.15, 0.2) is 83.5 Å². The highest BCUT2D eigenvalue weighted by molar-refractivity contribution is 7.83. The van der Waals surface area contributed by atoms with Gasteiger partial charge in [-0.15, -0.1) is 24.0 Å². The molecule has 2 aromatic carbocycles. The number of nitrogens with one attached hydrogen (secondary N) is 4. The average molecular weight is 683 g/mol. The molecule has 1 aromatic heterocycles. The molecular formula is C34H46N6O5S2. The number of hydrogen-bond donors (Lipinski definition) is 6. The fourth-order valence-corrected chi connectivity index (χ4v) is 5.64. The van der Waals surface area contributed by atoms with E-state index in [4.69, 9.17) is 4.74 Å². The minimum absolute atomic E-state index is 0.0655. The number of carbonyl (C=O) groups excluding carboxylic acids is 3. The molecule has 0 saturated heterocycles. The van der Waals surface area contributed by atoms with E-state index in [1.54, 1.807) is 31.2 Å². The molecular weight excluding hydrogens is 637 g/mol. The lowest BCUT2D eigenvalue weighted by Gasteiger charge is -2.31. The van der Waals surface area contributed by atoms with Gasteiger partial charge in [-0.3, -0.25) is 9.78 Å². The van der Waals surface area contributed by atoms with E-state index in [0.29, 0.717) is 12.8 Å². The highest BCUT2D eigenvalue weighted by Crippen LogP contribution is 2.16. The van der Waals surface area contributed by atoms with Gasteiger partial charge < -0.3 is 36.0 Å². The SMILES string of the molecule is CN/C(=C\S)CN(C)C(=O)N[C@H](C(=O)N[C@@H](Cc1ccccc1)C[C@H](O)[C@H](Cc1ccccc1)NC(=O)OCc1cncs1)C(C)C. The van der Waals surface area contributed by atoms with Crippen molar-refractivity contribution >= 4 is 42.0 Å². The summed E-state index contributed by atoms with van der Waals surface area (Å²) in [5.41, 5.74) is 4.28. The van der Waals surface area contributed by atoms with Gasteiger partial charge in [0.25, 0.3) is 0 Å². The second kappa shape index (κ2) is 19.6. The first-order valence-corrected chi connectivity index (χ1v) is 16.9. The Balaban J connectivity index is 1.77. The highest BCUT2D eigenvalue weighted by atomic mass is 32.1. The summed E-state index contributed by atoms with van der Waals surface area (Å²) >= 11 is 5.54. The maximum Gasteiger partial charge on any atom is 0.407 e. The molecule has 0 fully saturated rings. The van der Waals surface area contributed by atoms with Crippen molar-refractivity contribution in [3.63, 3.8) is 0 Å². The third kappa shape index (κ3) is 12.9. The zero-order chi connectivity index (χ0) is 34.2. The summed E-state index contributed by atoms with van der Waals surface area (Å²) in [6.45, 7) is 4.06. The number of nitrogens with zero attached hydrogens (tertiary/aromatic N) is 2. The molecule has 0 bridgehead atoms. The fraction of sp³-hybridized carbons (Fsp3) is 0.412. The first-order chi connectivity index (χ1) is 22.6. The van der Waals surface area contributed by atoms with E-state index in [-0.39, 0.29) is 31.4 Å². The van der Waals surface area contributed by atoms with Crippen LogP contribution in [-0.4, -0.2) is 77.9 Å². The number of aromatic nitrogens is 1. The quantitative estimate of drug-likeness (QED) is 0.118. The molecule has 11 nitrogen and oxygen atoms in total. The lowest BCUT2D eigenvalue weighted by Crippen LogP contribution is -2.56. The molecule has 13 heteroatoms. The number of benzene rings is 2. The monoisotopic (exact) mass is 682 g/mol. The van der Waals surface area contributed by atoms with Crippen molar-refractivity contribution in [1.82, 2.24) is 31.2 Å². The van der Waals surface area contributed by atoms with E-state index < -0.39 is 36.4 Å². The van der Waals surface area contributed by atoms with Crippen LogP contribution in [0, 0.1) is 5.92 Å². The molecule has 0 spiro atoms. The molecule has 0 unspecified atom stereocenters. The first kappa shape index (κ1) is 37.4. The van der Waals surface area contributed by atoms with Gasteiger partial charge in [0.1, 0.15) is 12.6 Å². The number of aliphatic hydroxyl groups is 1. The molecule has 0 radical (unpaired) electrons. The molecule has 47 heavy (non-hydrogen) atoms. The summed E-state index contributed by atoms with van der Waals surface area (Å²) < 4.78 is 5.41. The largest absolute Gasteiger partial charge is 0.444 e. The van der Waals surface area contributed by atoms with Crippen LogP contribution >= 0.6 is 24.0 Å². The summed E-state index contributed by atoms with van der Waals surface area (Å²) in [5, 5.41) is 24.9. The maximum atomic E-state index is 13.7. The van der Waals surface area contributed by atoms with Gasteiger partial charge in [-0.05, 0) is 41.7 Å². The van der Waals surface area contributed by atoms with E-state index in [1.165, 1.54) is 16.2 Å². The number of amides is 4. The Labute approximate surface area is 286 Å². The van der Waals surface area contributed by atoms with Gasteiger partial charge in [0.15, 0.2) is 0 Å². The summed E-state index contributed by atoms with van der Waals surface area (Å²) in [7, 11) is 3.38. The third-order valence-electron chi connectivity index (χ3n) is 7.55. The lowest BCUT2D eigenvalue weighted by molar-refractivity contribution is -0.124. The molecule has 0 aliphatic carbocycles. The molecule has 4 atom stereocenters. The number of hydrogen-bond acceptors (Lipinski definition) is 9. The van der Waals surface area contributed by atoms with Crippen molar-refractivity contribution in [2.45, 2.75) is 63.9 Å². The number of thiol groups is 1. The summed E-state index contributed by atoms with van der Waals surface area (Å²) in [4.78, 5) is 45.9. The second-order valence-corrected chi connectivity index (χ2v) is 12.8. The predicted molar refractivity (Wildman–Crippen MR) is 188 cm³/mol. The van der Waals surface area contributed by atoms with Gasteiger partial charge in [0.05, 0.1) is 29.1 Å². The number of aliphatic hydroxyl groups excluding tert-OH is 1. The van der Waals surface area contributed by atoms with Gasteiger partial charge in [-0.1, -0.05) is 74.5 Å². The van der Waals surface area contributed by atoms with Gasteiger partial charge in [0.2, 0.25) is 5.91 Å². The maximum absolute atomic E-state index is 13.7. The van der Waals surface area contributed by atoms with Crippen molar-refractivity contribution in [3.05, 3.63) is 99.5 Å². The van der Waals surface area contributed by atoms with E-state index in [1.807, 2.05) is 74.5 Å². The van der Waals surface area contributed by atoms with Crippen molar-refractivity contribution in [3.8, 4) is 0 Å². The smallest absolute Gasteiger partial charge is 0.407 e. The number of urea groups is 1. The molecule has 254 valence electrons. The first-order valence-electron chi connectivity index (χ1n) is 15.5. The average Bonchev–Trinajstić information content (AvgIpc) is 3.59. The Kier molecular flexibility index (Phi) is 15.6. The minimum atomic E-state index is -1.05. The number of likely N-dealkylation sites (N-methyl/N-ethyl adjacent to an activating group) is 2. The van der Waals surface area contributed by atoms with Gasteiger partial charge in [-0.2, -0.15) is 0 Å². The Morgan fingerprint density at radius 3 is 2.19 bits per heavy atom. The van der Waals surface area contributed by atoms with Crippen LogP contribution in [0.4, 0.5) is 9.59 Å². The second-order valence-electron chi connectivity index (χ2n) is 11.6. The highest BCUT2D eigenvalue weighted by Gasteiger charge is 2.31.